The Bertz CT molecular complexity index is 623. The molecule has 0 aliphatic rings. The van der Waals surface area contributed by atoms with Crippen LogP contribution in [0.3, 0.4) is 0 Å². The van der Waals surface area contributed by atoms with E-state index < -0.39 is 0 Å². The fourth-order valence-corrected chi connectivity index (χ4v) is 3.22. The van der Waals surface area contributed by atoms with Crippen molar-refractivity contribution in [2.75, 3.05) is 11.9 Å². The van der Waals surface area contributed by atoms with Crippen LogP contribution < -0.4 is 5.32 Å². The standard InChI is InChI=1S/C15H18BrClN2/c1-5-18-15-12(8(2)3)9(4)19-14-11(17)7-6-10(16)13(14)15/h6-8H,5H2,1-4H3,(H,18,19). The summed E-state index contributed by atoms with van der Waals surface area (Å²) in [6.07, 6.45) is 0. The summed E-state index contributed by atoms with van der Waals surface area (Å²) in [4.78, 5) is 4.70. The molecule has 0 radical (unpaired) electrons. The van der Waals surface area contributed by atoms with Crippen molar-refractivity contribution in [1.82, 2.24) is 4.98 Å². The molecule has 1 aromatic carbocycles. The van der Waals surface area contributed by atoms with Crippen LogP contribution in [0.25, 0.3) is 10.9 Å². The lowest BCUT2D eigenvalue weighted by molar-refractivity contribution is 0.848. The smallest absolute Gasteiger partial charge is 0.0923 e. The number of nitrogens with one attached hydrogen (secondary N) is 1. The van der Waals surface area contributed by atoms with E-state index in [0.29, 0.717) is 10.9 Å². The molecule has 0 saturated heterocycles. The minimum absolute atomic E-state index is 0.414. The summed E-state index contributed by atoms with van der Waals surface area (Å²) < 4.78 is 1.03. The van der Waals surface area contributed by atoms with Gasteiger partial charge in [0.2, 0.25) is 0 Å². The Hall–Kier alpha value is -0.800. The third-order valence-electron chi connectivity index (χ3n) is 3.20. The fourth-order valence-electron chi connectivity index (χ4n) is 2.50. The lowest BCUT2D eigenvalue weighted by atomic mass is 9.96. The summed E-state index contributed by atoms with van der Waals surface area (Å²) in [6.45, 7) is 9.40. The van der Waals surface area contributed by atoms with Crippen molar-refractivity contribution >= 4 is 44.1 Å². The molecule has 19 heavy (non-hydrogen) atoms. The van der Waals surface area contributed by atoms with E-state index in [1.54, 1.807) is 0 Å². The van der Waals surface area contributed by atoms with E-state index in [4.69, 9.17) is 16.6 Å². The SMILES string of the molecule is CCNc1c(C(C)C)c(C)nc2c(Cl)ccc(Br)c12. The second-order valence-corrected chi connectivity index (χ2v) is 6.19. The van der Waals surface area contributed by atoms with Gasteiger partial charge in [0.05, 0.1) is 16.2 Å². The van der Waals surface area contributed by atoms with Gasteiger partial charge in [-0.25, -0.2) is 0 Å². The van der Waals surface area contributed by atoms with E-state index in [9.17, 15) is 0 Å². The lowest BCUT2D eigenvalue weighted by Crippen LogP contribution is -2.07. The predicted octanol–water partition coefficient (Wildman–Crippen LogP) is 5.51. The maximum atomic E-state index is 6.29. The molecule has 0 aliphatic heterocycles. The maximum absolute atomic E-state index is 6.29. The Kier molecular flexibility index (Phi) is 4.36. The molecular formula is C15H18BrClN2. The molecule has 0 saturated carbocycles. The van der Waals surface area contributed by atoms with Crippen LogP contribution in [0, 0.1) is 6.92 Å². The summed E-state index contributed by atoms with van der Waals surface area (Å²) in [7, 11) is 0. The summed E-state index contributed by atoms with van der Waals surface area (Å²) in [5, 5.41) is 5.24. The van der Waals surface area contributed by atoms with Gasteiger partial charge in [-0.15, -0.1) is 0 Å². The quantitative estimate of drug-likeness (QED) is 0.795. The minimum Gasteiger partial charge on any atom is -0.384 e. The summed E-state index contributed by atoms with van der Waals surface area (Å²) in [6, 6.07) is 3.86. The van der Waals surface area contributed by atoms with Crippen molar-refractivity contribution in [2.45, 2.75) is 33.6 Å². The van der Waals surface area contributed by atoms with E-state index in [2.05, 4.69) is 42.0 Å². The Morgan fingerprint density at radius 2 is 2.05 bits per heavy atom. The number of nitrogens with zero attached hydrogens (tertiary/aromatic N) is 1. The molecule has 2 aromatic rings. The van der Waals surface area contributed by atoms with Crippen molar-refractivity contribution in [3.05, 3.63) is 32.9 Å². The van der Waals surface area contributed by atoms with Crippen molar-refractivity contribution in [3.8, 4) is 0 Å². The van der Waals surface area contributed by atoms with E-state index in [-0.39, 0.29) is 0 Å². The molecule has 2 rings (SSSR count). The number of rotatable bonds is 3. The second kappa shape index (κ2) is 5.68. The number of halogens is 2. The molecule has 0 amide bonds. The van der Waals surface area contributed by atoms with Crippen molar-refractivity contribution in [1.29, 1.82) is 0 Å². The Balaban J connectivity index is 2.94. The average molecular weight is 342 g/mol. The van der Waals surface area contributed by atoms with Gasteiger partial charge in [0.25, 0.3) is 0 Å². The van der Waals surface area contributed by atoms with Crippen molar-refractivity contribution in [3.63, 3.8) is 0 Å². The van der Waals surface area contributed by atoms with E-state index in [1.807, 2.05) is 19.1 Å². The number of hydrogen-bond acceptors (Lipinski definition) is 2. The first-order chi connectivity index (χ1) is 8.97. The van der Waals surface area contributed by atoms with Crippen LogP contribution in [-0.4, -0.2) is 11.5 Å². The third kappa shape index (κ3) is 2.59. The molecule has 0 atom stereocenters. The summed E-state index contributed by atoms with van der Waals surface area (Å²) in [5.74, 6) is 0.414. The van der Waals surface area contributed by atoms with Crippen molar-refractivity contribution < 1.29 is 0 Å². The number of aromatic nitrogens is 1. The maximum Gasteiger partial charge on any atom is 0.0923 e. The van der Waals surface area contributed by atoms with Gasteiger partial charge in [-0.1, -0.05) is 41.4 Å². The van der Waals surface area contributed by atoms with Gasteiger partial charge in [0.1, 0.15) is 0 Å². The van der Waals surface area contributed by atoms with Crippen LogP contribution >= 0.6 is 27.5 Å². The van der Waals surface area contributed by atoms with Gasteiger partial charge < -0.3 is 5.32 Å². The van der Waals surface area contributed by atoms with Crippen LogP contribution in [0.5, 0.6) is 0 Å². The fraction of sp³-hybridized carbons (Fsp3) is 0.400. The second-order valence-electron chi connectivity index (χ2n) is 4.92. The Morgan fingerprint density at radius 3 is 2.63 bits per heavy atom. The number of aryl methyl sites for hydroxylation is 1. The highest BCUT2D eigenvalue weighted by Crippen LogP contribution is 2.39. The zero-order chi connectivity index (χ0) is 14.2. The first-order valence-electron chi connectivity index (χ1n) is 6.49. The first kappa shape index (κ1) is 14.6. The molecule has 1 heterocycles. The highest BCUT2D eigenvalue weighted by atomic mass is 79.9. The van der Waals surface area contributed by atoms with Gasteiger partial charge >= 0.3 is 0 Å². The predicted molar refractivity (Wildman–Crippen MR) is 87.4 cm³/mol. The molecule has 2 nitrogen and oxygen atoms in total. The molecule has 102 valence electrons. The topological polar surface area (TPSA) is 24.9 Å². The number of anilines is 1. The number of pyridine rings is 1. The molecule has 0 fully saturated rings. The van der Waals surface area contributed by atoms with Crippen LogP contribution in [-0.2, 0) is 0 Å². The molecule has 0 aliphatic carbocycles. The highest BCUT2D eigenvalue weighted by Gasteiger charge is 2.18. The molecule has 1 aromatic heterocycles. The van der Waals surface area contributed by atoms with Gasteiger partial charge in [-0.2, -0.15) is 0 Å². The van der Waals surface area contributed by atoms with Gasteiger partial charge in [0.15, 0.2) is 0 Å². The average Bonchev–Trinajstić information content (AvgIpc) is 2.33. The van der Waals surface area contributed by atoms with Gasteiger partial charge in [-0.3, -0.25) is 4.98 Å². The minimum atomic E-state index is 0.414. The molecule has 1 N–H and O–H groups in total. The molecule has 0 spiro atoms. The molecule has 0 unspecified atom stereocenters. The molecule has 4 heteroatoms. The lowest BCUT2D eigenvalue weighted by Gasteiger charge is -2.20. The largest absolute Gasteiger partial charge is 0.384 e. The molecule has 0 bridgehead atoms. The summed E-state index contributed by atoms with van der Waals surface area (Å²) >= 11 is 9.92. The zero-order valence-corrected chi connectivity index (χ0v) is 14.0. The van der Waals surface area contributed by atoms with Crippen LogP contribution in [0.4, 0.5) is 5.69 Å². The Morgan fingerprint density at radius 1 is 1.37 bits per heavy atom. The van der Waals surface area contributed by atoms with E-state index in [1.165, 1.54) is 5.56 Å². The number of hydrogen-bond donors (Lipinski definition) is 1. The normalized spacial score (nSPS) is 11.3. The highest BCUT2D eigenvalue weighted by molar-refractivity contribution is 9.10. The van der Waals surface area contributed by atoms with Gasteiger partial charge in [-0.05, 0) is 37.5 Å². The summed E-state index contributed by atoms with van der Waals surface area (Å²) in [5.41, 5.74) is 4.30. The molecular weight excluding hydrogens is 324 g/mol. The first-order valence-corrected chi connectivity index (χ1v) is 7.66. The zero-order valence-electron chi connectivity index (χ0n) is 11.6. The van der Waals surface area contributed by atoms with Crippen LogP contribution in [0.2, 0.25) is 5.02 Å². The van der Waals surface area contributed by atoms with E-state index >= 15 is 0 Å². The van der Waals surface area contributed by atoms with Crippen LogP contribution in [0.15, 0.2) is 16.6 Å². The number of benzene rings is 1. The Labute approximate surface area is 127 Å². The van der Waals surface area contributed by atoms with Crippen molar-refractivity contribution in [2.24, 2.45) is 0 Å². The third-order valence-corrected chi connectivity index (χ3v) is 4.16. The van der Waals surface area contributed by atoms with Gasteiger partial charge in [0, 0.05) is 22.1 Å². The van der Waals surface area contributed by atoms with E-state index in [0.717, 1.165) is 33.3 Å². The van der Waals surface area contributed by atoms with Crippen LogP contribution in [0.1, 0.15) is 37.9 Å². The monoisotopic (exact) mass is 340 g/mol. The number of fused-ring (bicyclic) bond motifs is 1.